The number of anilines is 1. The zero-order chi connectivity index (χ0) is 15.5. The lowest BCUT2D eigenvalue weighted by Crippen LogP contribution is -2.18. The summed E-state index contributed by atoms with van der Waals surface area (Å²) < 4.78 is 4.95. The van der Waals surface area contributed by atoms with Gasteiger partial charge in [-0.3, -0.25) is 4.79 Å². The monoisotopic (exact) mass is 295 g/mol. The summed E-state index contributed by atoms with van der Waals surface area (Å²) in [5.74, 6) is 0.0262. The van der Waals surface area contributed by atoms with Crippen LogP contribution in [0, 0.1) is 5.92 Å². The number of methoxy groups -OCH3 is 1. The molecule has 3 heteroatoms. The maximum absolute atomic E-state index is 11.9. The molecule has 3 rings (SSSR count). The van der Waals surface area contributed by atoms with Crippen molar-refractivity contribution in [3.63, 3.8) is 0 Å². The molecular weight excluding hydrogens is 274 g/mol. The van der Waals surface area contributed by atoms with Crippen molar-refractivity contribution < 1.29 is 9.53 Å². The van der Waals surface area contributed by atoms with Crippen molar-refractivity contribution in [2.75, 3.05) is 12.4 Å². The van der Waals surface area contributed by atoms with E-state index in [1.54, 1.807) is 0 Å². The van der Waals surface area contributed by atoms with E-state index in [9.17, 15) is 4.79 Å². The van der Waals surface area contributed by atoms with Crippen molar-refractivity contribution >= 4 is 11.7 Å². The summed E-state index contributed by atoms with van der Waals surface area (Å²) in [5.41, 5.74) is 4.88. The number of ether oxygens (including phenoxy) is 1. The Labute approximate surface area is 131 Å². The van der Waals surface area contributed by atoms with Gasteiger partial charge in [-0.05, 0) is 35.1 Å². The molecule has 0 saturated heterocycles. The summed E-state index contributed by atoms with van der Waals surface area (Å²) in [4.78, 5) is 11.9. The first-order valence-electron chi connectivity index (χ1n) is 7.68. The Kier molecular flexibility index (Phi) is 4.14. The first-order valence-corrected chi connectivity index (χ1v) is 7.68. The summed E-state index contributed by atoms with van der Waals surface area (Å²) in [6, 6.07) is 16.6. The van der Waals surface area contributed by atoms with Crippen molar-refractivity contribution in [1.29, 1.82) is 0 Å². The Bertz CT molecular complexity index is 666. The average molecular weight is 295 g/mol. The van der Waals surface area contributed by atoms with E-state index in [4.69, 9.17) is 4.74 Å². The van der Waals surface area contributed by atoms with Gasteiger partial charge in [-0.25, -0.2) is 0 Å². The van der Waals surface area contributed by atoms with Gasteiger partial charge in [0, 0.05) is 12.2 Å². The Morgan fingerprint density at radius 3 is 2.68 bits per heavy atom. The zero-order valence-corrected chi connectivity index (χ0v) is 13.0. The predicted octanol–water partition coefficient (Wildman–Crippen LogP) is 3.75. The van der Waals surface area contributed by atoms with Crippen LogP contribution >= 0.6 is 0 Å². The van der Waals surface area contributed by atoms with Gasteiger partial charge in [-0.1, -0.05) is 49.4 Å². The SMILES string of the molecule is COC(=O)C1Cc2c(NCc3ccccc3)cccc2C1C. The van der Waals surface area contributed by atoms with Crippen molar-refractivity contribution in [3.8, 4) is 0 Å². The fourth-order valence-corrected chi connectivity index (χ4v) is 3.27. The van der Waals surface area contributed by atoms with Crippen LogP contribution in [0.1, 0.15) is 29.5 Å². The molecule has 22 heavy (non-hydrogen) atoms. The zero-order valence-electron chi connectivity index (χ0n) is 13.0. The summed E-state index contributed by atoms with van der Waals surface area (Å²) in [7, 11) is 1.46. The van der Waals surface area contributed by atoms with Crippen molar-refractivity contribution in [3.05, 3.63) is 65.2 Å². The van der Waals surface area contributed by atoms with Gasteiger partial charge in [0.1, 0.15) is 0 Å². The second-order valence-electron chi connectivity index (χ2n) is 5.83. The lowest BCUT2D eigenvalue weighted by atomic mass is 9.95. The molecule has 0 aliphatic heterocycles. The highest BCUT2D eigenvalue weighted by atomic mass is 16.5. The van der Waals surface area contributed by atoms with Crippen molar-refractivity contribution in [2.24, 2.45) is 5.92 Å². The third-order valence-electron chi connectivity index (χ3n) is 4.56. The maximum Gasteiger partial charge on any atom is 0.309 e. The number of nitrogens with one attached hydrogen (secondary N) is 1. The van der Waals surface area contributed by atoms with E-state index in [0.717, 1.165) is 18.7 Å². The van der Waals surface area contributed by atoms with Gasteiger partial charge in [0.2, 0.25) is 0 Å². The molecule has 2 unspecified atom stereocenters. The maximum atomic E-state index is 11.9. The second kappa shape index (κ2) is 6.22. The van der Waals surface area contributed by atoms with E-state index in [2.05, 4.69) is 42.6 Å². The number of carbonyl (C=O) groups excluding carboxylic acids is 1. The molecule has 0 bridgehead atoms. The van der Waals surface area contributed by atoms with Crippen LogP contribution in [0.25, 0.3) is 0 Å². The average Bonchev–Trinajstić information content (AvgIpc) is 2.91. The van der Waals surface area contributed by atoms with Crippen LogP contribution in [0.3, 0.4) is 0 Å². The largest absolute Gasteiger partial charge is 0.469 e. The number of hydrogen-bond donors (Lipinski definition) is 1. The van der Waals surface area contributed by atoms with E-state index >= 15 is 0 Å². The standard InChI is InChI=1S/C19H21NO2/c1-13-15-9-6-10-18(17(15)11-16(13)19(21)22-2)20-12-14-7-4-3-5-8-14/h3-10,13,16,20H,11-12H2,1-2H3. The van der Waals surface area contributed by atoms with Gasteiger partial charge in [0.05, 0.1) is 13.0 Å². The van der Waals surface area contributed by atoms with Gasteiger partial charge >= 0.3 is 5.97 Å². The van der Waals surface area contributed by atoms with Crippen molar-refractivity contribution in [1.82, 2.24) is 0 Å². The van der Waals surface area contributed by atoms with Gasteiger partial charge in [-0.15, -0.1) is 0 Å². The minimum Gasteiger partial charge on any atom is -0.469 e. The summed E-state index contributed by atoms with van der Waals surface area (Å²) >= 11 is 0. The molecule has 2 atom stereocenters. The smallest absolute Gasteiger partial charge is 0.309 e. The van der Waals surface area contributed by atoms with Gasteiger partial charge in [-0.2, -0.15) is 0 Å². The normalized spacial score (nSPS) is 19.5. The third kappa shape index (κ3) is 2.71. The molecule has 0 aromatic heterocycles. The minimum absolute atomic E-state index is 0.0697. The van der Waals surface area contributed by atoms with Gasteiger partial charge < -0.3 is 10.1 Å². The molecule has 0 radical (unpaired) electrons. The minimum atomic E-state index is -0.113. The lowest BCUT2D eigenvalue weighted by molar-refractivity contribution is -0.145. The summed E-state index contributed by atoms with van der Waals surface area (Å²) in [6.45, 7) is 2.89. The summed E-state index contributed by atoms with van der Waals surface area (Å²) in [6.07, 6.45) is 0.751. The first-order chi connectivity index (χ1) is 10.7. The molecule has 2 aromatic carbocycles. The third-order valence-corrected chi connectivity index (χ3v) is 4.56. The molecular formula is C19H21NO2. The number of fused-ring (bicyclic) bond motifs is 1. The highest BCUT2D eigenvalue weighted by molar-refractivity contribution is 5.77. The molecule has 114 valence electrons. The number of esters is 1. The predicted molar refractivity (Wildman–Crippen MR) is 87.8 cm³/mol. The molecule has 0 fully saturated rings. The molecule has 0 heterocycles. The van der Waals surface area contributed by atoms with Crippen LogP contribution in [0.15, 0.2) is 48.5 Å². The Morgan fingerprint density at radius 2 is 1.95 bits per heavy atom. The Balaban J connectivity index is 1.80. The van der Waals surface area contributed by atoms with Crippen LogP contribution in [0.5, 0.6) is 0 Å². The quantitative estimate of drug-likeness (QED) is 0.873. The van der Waals surface area contributed by atoms with E-state index in [-0.39, 0.29) is 17.8 Å². The molecule has 1 aliphatic rings. The molecule has 0 amide bonds. The Morgan fingerprint density at radius 1 is 1.18 bits per heavy atom. The first kappa shape index (κ1) is 14.6. The number of hydrogen-bond acceptors (Lipinski definition) is 3. The fourth-order valence-electron chi connectivity index (χ4n) is 3.27. The lowest BCUT2D eigenvalue weighted by Gasteiger charge is -2.13. The van der Waals surface area contributed by atoms with E-state index < -0.39 is 0 Å². The van der Waals surface area contributed by atoms with E-state index in [0.29, 0.717) is 0 Å². The topological polar surface area (TPSA) is 38.3 Å². The van der Waals surface area contributed by atoms with Gasteiger partial charge in [0.25, 0.3) is 0 Å². The highest BCUT2D eigenvalue weighted by Crippen LogP contribution is 2.41. The van der Waals surface area contributed by atoms with Gasteiger partial charge in [0.15, 0.2) is 0 Å². The van der Waals surface area contributed by atoms with Crippen LogP contribution in [-0.4, -0.2) is 13.1 Å². The molecule has 0 saturated carbocycles. The van der Waals surface area contributed by atoms with Crippen LogP contribution < -0.4 is 5.32 Å². The summed E-state index contributed by atoms with van der Waals surface area (Å²) in [5, 5.41) is 3.51. The molecule has 2 aromatic rings. The molecule has 3 nitrogen and oxygen atoms in total. The Hall–Kier alpha value is -2.29. The highest BCUT2D eigenvalue weighted by Gasteiger charge is 2.36. The molecule has 1 N–H and O–H groups in total. The van der Waals surface area contributed by atoms with E-state index in [1.165, 1.54) is 23.8 Å². The number of benzene rings is 2. The fraction of sp³-hybridized carbons (Fsp3) is 0.316. The van der Waals surface area contributed by atoms with Crippen molar-refractivity contribution in [2.45, 2.75) is 25.8 Å². The second-order valence-corrected chi connectivity index (χ2v) is 5.83. The van der Waals surface area contributed by atoms with Crippen LogP contribution in [0.2, 0.25) is 0 Å². The number of carbonyl (C=O) groups is 1. The van der Waals surface area contributed by atoms with Crippen LogP contribution in [-0.2, 0) is 22.5 Å². The number of rotatable bonds is 4. The van der Waals surface area contributed by atoms with Crippen LogP contribution in [0.4, 0.5) is 5.69 Å². The molecule has 0 spiro atoms. The molecule has 1 aliphatic carbocycles. The van der Waals surface area contributed by atoms with E-state index in [1.807, 2.05) is 18.2 Å².